The maximum Gasteiger partial charge on any atom is 0.174 e. The molecule has 4 nitrogen and oxygen atoms in total. The summed E-state index contributed by atoms with van der Waals surface area (Å²) in [5.74, 6) is 1.31. The van der Waals surface area contributed by atoms with Crippen LogP contribution in [0.15, 0.2) is 42.6 Å². The molecule has 2 N–H and O–H groups in total. The standard InChI is InChI=1S/C17H19N3OS/c1-21-15-10-5-11-18-16(15)20-17(22)19-14-9-4-7-12-6-2-3-8-13(12)14/h2-3,5-6,8,10-11,14H,4,7,9H2,1H3,(H2,18,19,20,22)/t14-/m0/s1. The number of pyridine rings is 1. The van der Waals surface area contributed by atoms with E-state index >= 15 is 0 Å². The van der Waals surface area contributed by atoms with Crippen molar-refractivity contribution in [3.8, 4) is 5.75 Å². The molecule has 0 spiro atoms. The fourth-order valence-electron chi connectivity index (χ4n) is 2.85. The van der Waals surface area contributed by atoms with Crippen molar-refractivity contribution in [2.45, 2.75) is 25.3 Å². The summed E-state index contributed by atoms with van der Waals surface area (Å²) in [4.78, 5) is 4.26. The summed E-state index contributed by atoms with van der Waals surface area (Å²) in [5.41, 5.74) is 2.75. The average molecular weight is 313 g/mol. The second kappa shape index (κ2) is 6.75. The van der Waals surface area contributed by atoms with Gasteiger partial charge in [0.1, 0.15) is 0 Å². The maximum atomic E-state index is 5.44. The normalized spacial score (nSPS) is 16.5. The summed E-state index contributed by atoms with van der Waals surface area (Å²) >= 11 is 5.44. The molecule has 2 aromatic rings. The van der Waals surface area contributed by atoms with Gasteiger partial charge in [-0.2, -0.15) is 0 Å². The molecule has 114 valence electrons. The number of methoxy groups -OCH3 is 1. The monoisotopic (exact) mass is 313 g/mol. The highest BCUT2D eigenvalue weighted by Crippen LogP contribution is 2.29. The third-order valence-corrected chi connectivity index (χ3v) is 4.12. The van der Waals surface area contributed by atoms with E-state index in [2.05, 4.69) is 39.9 Å². The lowest BCUT2D eigenvalue weighted by Crippen LogP contribution is -2.34. The first-order chi connectivity index (χ1) is 10.8. The lowest BCUT2D eigenvalue weighted by Gasteiger charge is -2.27. The summed E-state index contributed by atoms with van der Waals surface area (Å²) in [6.07, 6.45) is 5.11. The number of hydrogen-bond donors (Lipinski definition) is 2. The van der Waals surface area contributed by atoms with Crippen LogP contribution in [0.4, 0.5) is 5.82 Å². The number of anilines is 1. The minimum atomic E-state index is 0.250. The Kier molecular flexibility index (Phi) is 4.53. The number of fused-ring (bicyclic) bond motifs is 1. The van der Waals surface area contributed by atoms with Gasteiger partial charge in [0.05, 0.1) is 13.2 Å². The van der Waals surface area contributed by atoms with Crippen LogP contribution in [-0.4, -0.2) is 17.2 Å². The number of hydrogen-bond acceptors (Lipinski definition) is 3. The van der Waals surface area contributed by atoms with E-state index in [1.54, 1.807) is 13.3 Å². The zero-order valence-corrected chi connectivity index (χ0v) is 13.3. The number of aromatic nitrogens is 1. The number of benzene rings is 1. The van der Waals surface area contributed by atoms with Gasteiger partial charge in [-0.3, -0.25) is 0 Å². The third kappa shape index (κ3) is 3.20. The number of nitrogens with zero attached hydrogens (tertiary/aromatic N) is 1. The molecule has 3 rings (SSSR count). The van der Waals surface area contributed by atoms with Crippen LogP contribution in [0.5, 0.6) is 5.75 Å². The van der Waals surface area contributed by atoms with Gasteiger partial charge in [-0.05, 0) is 54.7 Å². The first-order valence-electron chi connectivity index (χ1n) is 7.42. The Morgan fingerprint density at radius 3 is 3.00 bits per heavy atom. The van der Waals surface area contributed by atoms with E-state index in [1.165, 1.54) is 17.5 Å². The predicted molar refractivity (Wildman–Crippen MR) is 92.3 cm³/mol. The lowest BCUT2D eigenvalue weighted by atomic mass is 9.88. The maximum absolute atomic E-state index is 5.44. The van der Waals surface area contributed by atoms with Crippen molar-refractivity contribution < 1.29 is 4.74 Å². The van der Waals surface area contributed by atoms with Gasteiger partial charge in [-0.25, -0.2) is 4.98 Å². The second-order valence-electron chi connectivity index (χ2n) is 5.30. The smallest absolute Gasteiger partial charge is 0.174 e. The van der Waals surface area contributed by atoms with Crippen LogP contribution < -0.4 is 15.4 Å². The Morgan fingerprint density at radius 1 is 1.27 bits per heavy atom. The Bertz CT molecular complexity index is 674. The minimum absolute atomic E-state index is 0.250. The molecule has 5 heteroatoms. The summed E-state index contributed by atoms with van der Waals surface area (Å²) in [6.45, 7) is 0. The van der Waals surface area contributed by atoms with E-state index in [0.717, 1.165) is 12.8 Å². The molecule has 1 aliphatic carbocycles. The molecule has 0 fully saturated rings. The van der Waals surface area contributed by atoms with E-state index in [4.69, 9.17) is 17.0 Å². The van der Waals surface area contributed by atoms with E-state index in [9.17, 15) is 0 Å². The van der Waals surface area contributed by atoms with E-state index in [-0.39, 0.29) is 6.04 Å². The fourth-order valence-corrected chi connectivity index (χ4v) is 3.09. The molecule has 0 saturated carbocycles. The van der Waals surface area contributed by atoms with Gasteiger partial charge >= 0.3 is 0 Å². The van der Waals surface area contributed by atoms with Gasteiger partial charge in [-0.15, -0.1) is 0 Å². The predicted octanol–water partition coefficient (Wildman–Crippen LogP) is 3.45. The van der Waals surface area contributed by atoms with Crippen molar-refractivity contribution in [3.63, 3.8) is 0 Å². The summed E-state index contributed by atoms with van der Waals surface area (Å²) in [5, 5.41) is 7.09. The molecular weight excluding hydrogens is 294 g/mol. The highest BCUT2D eigenvalue weighted by atomic mass is 32.1. The number of aryl methyl sites for hydroxylation is 1. The molecule has 0 saturated heterocycles. The molecule has 22 heavy (non-hydrogen) atoms. The lowest BCUT2D eigenvalue weighted by molar-refractivity contribution is 0.415. The molecule has 1 aromatic heterocycles. The molecule has 0 aliphatic heterocycles. The third-order valence-electron chi connectivity index (χ3n) is 3.90. The highest BCUT2D eigenvalue weighted by molar-refractivity contribution is 7.80. The number of thiocarbonyl (C=S) groups is 1. The van der Waals surface area contributed by atoms with Gasteiger partial charge < -0.3 is 15.4 Å². The van der Waals surface area contributed by atoms with Gasteiger partial charge in [0.25, 0.3) is 0 Å². The van der Waals surface area contributed by atoms with Crippen molar-refractivity contribution in [2.24, 2.45) is 0 Å². The van der Waals surface area contributed by atoms with E-state index < -0.39 is 0 Å². The quantitative estimate of drug-likeness (QED) is 0.850. The Hall–Kier alpha value is -2.14. The van der Waals surface area contributed by atoms with Crippen LogP contribution in [-0.2, 0) is 6.42 Å². The zero-order chi connectivity index (χ0) is 15.4. The van der Waals surface area contributed by atoms with Crippen LogP contribution in [0.25, 0.3) is 0 Å². The summed E-state index contributed by atoms with van der Waals surface area (Å²) in [6, 6.07) is 12.5. The Morgan fingerprint density at radius 2 is 2.14 bits per heavy atom. The van der Waals surface area contributed by atoms with Crippen molar-refractivity contribution in [3.05, 3.63) is 53.7 Å². The van der Waals surface area contributed by atoms with Gasteiger partial charge in [-0.1, -0.05) is 24.3 Å². The topological polar surface area (TPSA) is 46.2 Å². The Labute approximate surface area is 135 Å². The number of nitrogens with one attached hydrogen (secondary N) is 2. The highest BCUT2D eigenvalue weighted by Gasteiger charge is 2.20. The van der Waals surface area contributed by atoms with Crippen LogP contribution in [0.3, 0.4) is 0 Å². The van der Waals surface area contributed by atoms with Crippen LogP contribution >= 0.6 is 12.2 Å². The molecule has 1 aromatic carbocycles. The van der Waals surface area contributed by atoms with Crippen LogP contribution in [0, 0.1) is 0 Å². The molecule has 0 unspecified atom stereocenters. The first kappa shape index (κ1) is 14.8. The number of ether oxygens (including phenoxy) is 1. The van der Waals surface area contributed by atoms with Gasteiger partial charge in [0.2, 0.25) is 0 Å². The van der Waals surface area contributed by atoms with Crippen LogP contribution in [0.1, 0.15) is 30.0 Å². The molecule has 0 amide bonds. The Balaban J connectivity index is 1.70. The molecular formula is C17H19N3OS. The largest absolute Gasteiger partial charge is 0.493 e. The van der Waals surface area contributed by atoms with Gasteiger partial charge in [0.15, 0.2) is 16.7 Å². The van der Waals surface area contributed by atoms with E-state index in [1.807, 2.05) is 12.1 Å². The second-order valence-corrected chi connectivity index (χ2v) is 5.70. The molecule has 0 radical (unpaired) electrons. The molecule has 1 aliphatic rings. The molecule has 1 atom stereocenters. The van der Waals surface area contributed by atoms with Crippen molar-refractivity contribution in [1.29, 1.82) is 0 Å². The summed E-state index contributed by atoms with van der Waals surface area (Å²) < 4.78 is 5.28. The number of rotatable bonds is 3. The molecule has 0 bridgehead atoms. The van der Waals surface area contributed by atoms with Crippen LogP contribution in [0.2, 0.25) is 0 Å². The fraction of sp³-hybridized carbons (Fsp3) is 0.294. The molecule has 1 heterocycles. The van der Waals surface area contributed by atoms with E-state index in [0.29, 0.717) is 16.7 Å². The van der Waals surface area contributed by atoms with Crippen molar-refractivity contribution in [1.82, 2.24) is 10.3 Å². The SMILES string of the molecule is COc1cccnc1NC(=S)N[C@H]1CCCc2ccccc21. The van der Waals surface area contributed by atoms with Crippen molar-refractivity contribution in [2.75, 3.05) is 12.4 Å². The average Bonchev–Trinajstić information content (AvgIpc) is 2.55. The summed E-state index contributed by atoms with van der Waals surface area (Å²) in [7, 11) is 1.62. The van der Waals surface area contributed by atoms with Gasteiger partial charge in [0, 0.05) is 6.20 Å². The van der Waals surface area contributed by atoms with Crippen molar-refractivity contribution >= 4 is 23.1 Å². The zero-order valence-electron chi connectivity index (χ0n) is 12.5. The minimum Gasteiger partial charge on any atom is -0.493 e. The first-order valence-corrected chi connectivity index (χ1v) is 7.83.